The molecule has 2 rings (SSSR count). The van der Waals surface area contributed by atoms with Crippen LogP contribution in [0.15, 0.2) is 36.4 Å². The van der Waals surface area contributed by atoms with Crippen molar-refractivity contribution < 1.29 is 23.8 Å². The van der Waals surface area contributed by atoms with Gasteiger partial charge in [-0.25, -0.2) is 14.2 Å². The molecule has 1 heterocycles. The number of aliphatic carboxylic acids is 1. The zero-order valence-corrected chi connectivity index (χ0v) is 20.1. The molecule has 0 spiro atoms. The number of nitrogen functional groups attached to an aromatic ring is 1. The van der Waals surface area contributed by atoms with Crippen LogP contribution in [0.3, 0.4) is 0 Å². The quantitative estimate of drug-likeness (QED) is 0.254. The molecule has 0 aliphatic carbocycles. The highest BCUT2D eigenvalue weighted by atomic mass is 19.1. The van der Waals surface area contributed by atoms with E-state index in [0.29, 0.717) is 24.5 Å². The summed E-state index contributed by atoms with van der Waals surface area (Å²) in [6, 6.07) is 9.47. The molecule has 0 atom stereocenters. The Hall–Kier alpha value is -3.36. The molecule has 1 aromatic heterocycles. The fourth-order valence-corrected chi connectivity index (χ4v) is 2.98. The Kier molecular flexibility index (Phi) is 14.5. The van der Waals surface area contributed by atoms with Gasteiger partial charge in [0.05, 0.1) is 12.3 Å². The lowest BCUT2D eigenvalue weighted by molar-refractivity contribution is -0.137. The Morgan fingerprint density at radius 2 is 1.65 bits per heavy atom. The van der Waals surface area contributed by atoms with Gasteiger partial charge in [-0.15, -0.1) is 0 Å². The van der Waals surface area contributed by atoms with Crippen LogP contribution in [0, 0.1) is 5.82 Å². The number of amides is 1. The predicted molar refractivity (Wildman–Crippen MR) is 133 cm³/mol. The molecule has 34 heavy (non-hydrogen) atoms. The van der Waals surface area contributed by atoms with Crippen molar-refractivity contribution in [1.29, 1.82) is 0 Å². The van der Waals surface area contributed by atoms with Gasteiger partial charge >= 0.3 is 12.1 Å². The van der Waals surface area contributed by atoms with Crippen LogP contribution in [0.1, 0.15) is 70.8 Å². The van der Waals surface area contributed by atoms with E-state index in [0.717, 1.165) is 18.4 Å². The van der Waals surface area contributed by atoms with Crippen LogP contribution in [-0.2, 0) is 16.1 Å². The second-order valence-corrected chi connectivity index (χ2v) is 7.72. The Morgan fingerprint density at radius 1 is 1.00 bits per heavy atom. The van der Waals surface area contributed by atoms with Crippen molar-refractivity contribution in [3.8, 4) is 0 Å². The number of rotatable bonds is 13. The predicted octanol–water partition coefficient (Wildman–Crippen LogP) is 6.20. The number of nitrogens with one attached hydrogen (secondary N) is 2. The van der Waals surface area contributed by atoms with Crippen LogP contribution in [0.25, 0.3) is 0 Å². The third-order valence-corrected chi connectivity index (χ3v) is 4.82. The average Bonchev–Trinajstić information content (AvgIpc) is 2.80. The van der Waals surface area contributed by atoms with Crippen LogP contribution in [0.5, 0.6) is 0 Å². The number of unbranched alkanes of at least 4 members (excludes halogenated alkanes) is 6. The number of carbonyl (C=O) groups excluding carboxylic acids is 1. The van der Waals surface area contributed by atoms with E-state index in [1.807, 2.05) is 0 Å². The molecule has 5 N–H and O–H groups in total. The molecule has 188 valence electrons. The molecule has 9 heteroatoms. The van der Waals surface area contributed by atoms with Crippen LogP contribution in [0.4, 0.5) is 26.5 Å². The first kappa shape index (κ1) is 28.7. The van der Waals surface area contributed by atoms with Gasteiger partial charge < -0.3 is 20.9 Å². The number of benzene rings is 1. The van der Waals surface area contributed by atoms with Gasteiger partial charge in [-0.05, 0) is 43.2 Å². The largest absolute Gasteiger partial charge is 0.481 e. The Balaban J connectivity index is 0.000000411. The first-order valence-corrected chi connectivity index (χ1v) is 11.8. The van der Waals surface area contributed by atoms with Crippen molar-refractivity contribution in [2.24, 2.45) is 0 Å². The van der Waals surface area contributed by atoms with Crippen molar-refractivity contribution in [2.75, 3.05) is 23.0 Å². The van der Waals surface area contributed by atoms with Gasteiger partial charge in [-0.3, -0.25) is 10.1 Å². The molecule has 0 radical (unpaired) electrons. The van der Waals surface area contributed by atoms with Gasteiger partial charge in [0, 0.05) is 13.0 Å². The number of hydrogen-bond donors (Lipinski definition) is 4. The lowest BCUT2D eigenvalue weighted by Gasteiger charge is -2.10. The monoisotopic (exact) mass is 476 g/mol. The van der Waals surface area contributed by atoms with E-state index < -0.39 is 12.1 Å². The minimum absolute atomic E-state index is 0.178. The topological polar surface area (TPSA) is 127 Å². The highest BCUT2D eigenvalue weighted by molar-refractivity contribution is 5.88. The molecule has 0 aliphatic heterocycles. The summed E-state index contributed by atoms with van der Waals surface area (Å²) in [6.45, 7) is 4.67. The molecule has 0 unspecified atom stereocenters. The SMILES string of the molecule is CCCCCCCCCC(=O)O.CCOC(=O)Nc1ccc(NCc2ccc(F)cc2)nc1N. The molecule has 0 saturated heterocycles. The molecule has 0 fully saturated rings. The molecular weight excluding hydrogens is 439 g/mol. The van der Waals surface area contributed by atoms with Gasteiger partial charge in [0.1, 0.15) is 17.5 Å². The zero-order chi connectivity index (χ0) is 25.2. The normalized spacial score (nSPS) is 10.1. The maximum Gasteiger partial charge on any atom is 0.411 e. The molecule has 1 amide bonds. The summed E-state index contributed by atoms with van der Waals surface area (Å²) >= 11 is 0. The fourth-order valence-electron chi connectivity index (χ4n) is 2.98. The minimum Gasteiger partial charge on any atom is -0.481 e. The second kappa shape index (κ2) is 17.2. The molecule has 8 nitrogen and oxygen atoms in total. The van der Waals surface area contributed by atoms with E-state index in [1.54, 1.807) is 31.2 Å². The maximum absolute atomic E-state index is 12.8. The summed E-state index contributed by atoms with van der Waals surface area (Å²) in [5.41, 5.74) is 7.08. The van der Waals surface area contributed by atoms with E-state index in [4.69, 9.17) is 15.6 Å². The Bertz CT molecular complexity index is 862. The minimum atomic E-state index is -0.663. The van der Waals surface area contributed by atoms with Gasteiger partial charge in [0.25, 0.3) is 0 Å². The van der Waals surface area contributed by atoms with Crippen molar-refractivity contribution in [2.45, 2.75) is 71.8 Å². The van der Waals surface area contributed by atoms with Gasteiger partial charge in [-0.2, -0.15) is 0 Å². The highest BCUT2D eigenvalue weighted by Gasteiger charge is 2.07. The van der Waals surface area contributed by atoms with Gasteiger partial charge in [0.15, 0.2) is 0 Å². The molecule has 0 aliphatic rings. The molecule has 2 aromatic rings. The number of nitrogens with zero attached hydrogens (tertiary/aromatic N) is 1. The van der Waals surface area contributed by atoms with Crippen molar-refractivity contribution >= 4 is 29.4 Å². The lowest BCUT2D eigenvalue weighted by Crippen LogP contribution is -2.15. The maximum atomic E-state index is 12.8. The van der Waals surface area contributed by atoms with Crippen LogP contribution >= 0.6 is 0 Å². The standard InChI is InChI=1S/C15H17FN4O2.C10H20O2/c1-2-22-15(21)19-12-7-8-13(20-14(12)17)18-9-10-3-5-11(16)6-4-10;1-2-3-4-5-6-7-8-9-10(11)12/h3-8H,2,9H2,1H3,(H,19,21)(H3,17,18,20);2-9H2,1H3,(H,11,12). The summed E-state index contributed by atoms with van der Waals surface area (Å²) in [5, 5.41) is 13.9. The second-order valence-electron chi connectivity index (χ2n) is 7.72. The van der Waals surface area contributed by atoms with Crippen LogP contribution in [-0.4, -0.2) is 28.8 Å². The smallest absolute Gasteiger partial charge is 0.411 e. The molecule has 0 saturated carbocycles. The van der Waals surface area contributed by atoms with E-state index in [1.165, 1.54) is 44.2 Å². The number of aromatic nitrogens is 1. The summed E-state index contributed by atoms with van der Waals surface area (Å²) in [6.07, 6.45) is 8.06. The van der Waals surface area contributed by atoms with E-state index in [2.05, 4.69) is 22.5 Å². The van der Waals surface area contributed by atoms with Crippen molar-refractivity contribution in [1.82, 2.24) is 4.98 Å². The summed E-state index contributed by atoms with van der Waals surface area (Å²) < 4.78 is 17.6. The average molecular weight is 477 g/mol. The number of carboxylic acid groups (broad SMARTS) is 1. The van der Waals surface area contributed by atoms with E-state index in [9.17, 15) is 14.0 Å². The summed E-state index contributed by atoms with van der Waals surface area (Å²) in [5.74, 6) is -0.211. The van der Waals surface area contributed by atoms with Crippen molar-refractivity contribution in [3.63, 3.8) is 0 Å². The lowest BCUT2D eigenvalue weighted by atomic mass is 10.1. The Labute approximate surface area is 201 Å². The van der Waals surface area contributed by atoms with Gasteiger partial charge in [0.2, 0.25) is 0 Å². The summed E-state index contributed by atoms with van der Waals surface area (Å²) in [7, 11) is 0. The number of carbonyl (C=O) groups is 2. The number of pyridine rings is 1. The third kappa shape index (κ3) is 13.2. The van der Waals surface area contributed by atoms with Crippen LogP contribution < -0.4 is 16.4 Å². The fraction of sp³-hybridized carbons (Fsp3) is 0.480. The summed E-state index contributed by atoms with van der Waals surface area (Å²) in [4.78, 5) is 25.6. The number of anilines is 3. The zero-order valence-electron chi connectivity index (χ0n) is 20.1. The first-order valence-electron chi connectivity index (χ1n) is 11.8. The molecular formula is C25H37FN4O4. The number of halogens is 1. The number of nitrogens with two attached hydrogens (primary N) is 1. The molecule has 0 bridgehead atoms. The number of carboxylic acids is 1. The Morgan fingerprint density at radius 3 is 2.24 bits per heavy atom. The first-order chi connectivity index (χ1) is 16.3. The van der Waals surface area contributed by atoms with E-state index in [-0.39, 0.29) is 18.2 Å². The molecule has 1 aromatic carbocycles. The van der Waals surface area contributed by atoms with Crippen LogP contribution in [0.2, 0.25) is 0 Å². The number of ether oxygens (including phenoxy) is 1. The third-order valence-electron chi connectivity index (χ3n) is 4.82. The van der Waals surface area contributed by atoms with E-state index >= 15 is 0 Å². The van der Waals surface area contributed by atoms with Crippen molar-refractivity contribution in [3.05, 3.63) is 47.8 Å². The highest BCUT2D eigenvalue weighted by Crippen LogP contribution is 2.19. The number of hydrogen-bond acceptors (Lipinski definition) is 6. The van der Waals surface area contributed by atoms with Gasteiger partial charge in [-0.1, -0.05) is 57.6 Å².